The van der Waals surface area contributed by atoms with E-state index in [1.165, 1.54) is 17.4 Å². The highest BCUT2D eigenvalue weighted by molar-refractivity contribution is 7.14. The molecular formula is C20H17F2N3OS. The van der Waals surface area contributed by atoms with E-state index in [1.54, 1.807) is 34.1 Å². The van der Waals surface area contributed by atoms with Gasteiger partial charge in [0, 0.05) is 29.7 Å². The van der Waals surface area contributed by atoms with Crippen LogP contribution in [0, 0.1) is 18.6 Å². The Morgan fingerprint density at radius 1 is 1.04 bits per heavy atom. The Labute approximate surface area is 159 Å². The quantitative estimate of drug-likeness (QED) is 0.619. The summed E-state index contributed by atoms with van der Waals surface area (Å²) in [5.41, 5.74) is 2.37. The smallest absolute Gasteiger partial charge is 0.294 e. The third-order valence-electron chi connectivity index (χ3n) is 4.48. The molecule has 0 atom stereocenters. The second-order valence-corrected chi connectivity index (χ2v) is 7.22. The third-order valence-corrected chi connectivity index (χ3v) is 5.46. The number of hydrogen-bond acceptors (Lipinski definition) is 3. The highest BCUT2D eigenvalue weighted by Crippen LogP contribution is 2.30. The van der Waals surface area contributed by atoms with Crippen molar-refractivity contribution >= 4 is 28.2 Å². The van der Waals surface area contributed by atoms with E-state index in [4.69, 9.17) is 0 Å². The number of halogens is 2. The zero-order valence-electron chi connectivity index (χ0n) is 14.7. The summed E-state index contributed by atoms with van der Waals surface area (Å²) in [6, 6.07) is 10.2. The van der Waals surface area contributed by atoms with Crippen molar-refractivity contribution in [2.24, 2.45) is 0 Å². The molecule has 0 aliphatic carbocycles. The second kappa shape index (κ2) is 7.08. The minimum Gasteiger partial charge on any atom is -0.294 e. The van der Waals surface area contributed by atoms with Crippen molar-refractivity contribution in [2.75, 3.05) is 22.9 Å². The predicted octanol–water partition coefficient (Wildman–Crippen LogP) is 5.23. The SMILES string of the molecule is Cc1csc(N2CCCN(c3ccc(-c4cc(F)ccc4F)cc3)C2=O)n1. The normalized spacial score (nSPS) is 14.7. The Balaban J connectivity index is 1.60. The molecule has 7 heteroatoms. The summed E-state index contributed by atoms with van der Waals surface area (Å²) in [4.78, 5) is 20.7. The molecule has 0 unspecified atom stereocenters. The lowest BCUT2D eigenvalue weighted by Gasteiger charge is -2.34. The third kappa shape index (κ3) is 3.42. The molecule has 1 aliphatic rings. The van der Waals surface area contributed by atoms with Gasteiger partial charge in [0.15, 0.2) is 5.13 Å². The first-order chi connectivity index (χ1) is 13.0. The fourth-order valence-electron chi connectivity index (χ4n) is 3.15. The van der Waals surface area contributed by atoms with E-state index >= 15 is 0 Å². The van der Waals surface area contributed by atoms with Gasteiger partial charge in [-0.15, -0.1) is 11.3 Å². The number of urea groups is 1. The summed E-state index contributed by atoms with van der Waals surface area (Å²) in [7, 11) is 0. The van der Waals surface area contributed by atoms with Crippen LogP contribution in [0.5, 0.6) is 0 Å². The monoisotopic (exact) mass is 385 g/mol. The summed E-state index contributed by atoms with van der Waals surface area (Å²) in [5, 5.41) is 2.62. The topological polar surface area (TPSA) is 36.4 Å². The summed E-state index contributed by atoms with van der Waals surface area (Å²) in [6.07, 6.45) is 0.824. The molecule has 138 valence electrons. The van der Waals surface area contributed by atoms with Crippen LogP contribution in [-0.4, -0.2) is 24.1 Å². The Hall–Kier alpha value is -2.80. The molecular weight excluding hydrogens is 368 g/mol. The van der Waals surface area contributed by atoms with Gasteiger partial charge in [-0.25, -0.2) is 18.6 Å². The van der Waals surface area contributed by atoms with Gasteiger partial charge >= 0.3 is 6.03 Å². The van der Waals surface area contributed by atoms with Gasteiger partial charge in [0.05, 0.1) is 5.69 Å². The van der Waals surface area contributed by atoms with E-state index in [9.17, 15) is 13.6 Å². The molecule has 2 aromatic carbocycles. The molecule has 1 fully saturated rings. The maximum Gasteiger partial charge on any atom is 0.330 e. The number of thiazole rings is 1. The van der Waals surface area contributed by atoms with E-state index in [2.05, 4.69) is 4.98 Å². The predicted molar refractivity (Wildman–Crippen MR) is 103 cm³/mol. The molecule has 4 nitrogen and oxygen atoms in total. The molecule has 2 amide bonds. The number of amides is 2. The fraction of sp³-hybridized carbons (Fsp3) is 0.200. The first-order valence-corrected chi connectivity index (χ1v) is 9.47. The van der Waals surface area contributed by atoms with E-state index in [-0.39, 0.29) is 11.6 Å². The summed E-state index contributed by atoms with van der Waals surface area (Å²) >= 11 is 1.45. The van der Waals surface area contributed by atoms with Crippen LogP contribution in [0.3, 0.4) is 0 Å². The molecule has 3 aromatic rings. The zero-order valence-corrected chi connectivity index (χ0v) is 15.5. The molecule has 1 saturated heterocycles. The number of carbonyl (C=O) groups excluding carboxylic acids is 1. The van der Waals surface area contributed by atoms with Crippen LogP contribution in [0.1, 0.15) is 12.1 Å². The number of rotatable bonds is 3. The molecule has 27 heavy (non-hydrogen) atoms. The molecule has 1 aromatic heterocycles. The molecule has 4 rings (SSSR count). The highest BCUT2D eigenvalue weighted by atomic mass is 32.1. The number of carbonyl (C=O) groups is 1. The van der Waals surface area contributed by atoms with Crippen LogP contribution in [0.25, 0.3) is 11.1 Å². The van der Waals surface area contributed by atoms with Crippen LogP contribution in [0.15, 0.2) is 47.8 Å². The van der Waals surface area contributed by atoms with Crippen LogP contribution in [-0.2, 0) is 0 Å². The van der Waals surface area contributed by atoms with Crippen molar-refractivity contribution in [3.05, 3.63) is 65.2 Å². The van der Waals surface area contributed by atoms with Crippen molar-refractivity contribution in [2.45, 2.75) is 13.3 Å². The van der Waals surface area contributed by atoms with Crippen molar-refractivity contribution in [3.63, 3.8) is 0 Å². The molecule has 0 spiro atoms. The van der Waals surface area contributed by atoms with E-state index in [0.29, 0.717) is 23.8 Å². The van der Waals surface area contributed by atoms with E-state index in [0.717, 1.165) is 29.9 Å². The second-order valence-electron chi connectivity index (χ2n) is 6.38. The Morgan fingerprint density at radius 3 is 2.48 bits per heavy atom. The first-order valence-electron chi connectivity index (χ1n) is 8.59. The van der Waals surface area contributed by atoms with Gasteiger partial charge in [-0.2, -0.15) is 0 Å². The van der Waals surface area contributed by atoms with E-state index in [1.807, 2.05) is 12.3 Å². The number of aromatic nitrogens is 1. The Bertz CT molecular complexity index is 987. The number of nitrogens with zero attached hydrogens (tertiary/aromatic N) is 3. The first kappa shape index (κ1) is 17.6. The highest BCUT2D eigenvalue weighted by Gasteiger charge is 2.29. The number of aryl methyl sites for hydroxylation is 1. The lowest BCUT2D eigenvalue weighted by Crippen LogP contribution is -2.49. The molecule has 2 heterocycles. The van der Waals surface area contributed by atoms with Crippen LogP contribution < -0.4 is 9.80 Å². The molecule has 0 saturated carbocycles. The minimum absolute atomic E-state index is 0.125. The molecule has 0 radical (unpaired) electrons. The Kier molecular flexibility index (Phi) is 4.61. The largest absolute Gasteiger partial charge is 0.330 e. The van der Waals surface area contributed by atoms with Crippen molar-refractivity contribution in [3.8, 4) is 11.1 Å². The lowest BCUT2D eigenvalue weighted by molar-refractivity contribution is 0.248. The summed E-state index contributed by atoms with van der Waals surface area (Å²) in [6.45, 7) is 3.14. The van der Waals surface area contributed by atoms with Crippen molar-refractivity contribution in [1.82, 2.24) is 4.98 Å². The Morgan fingerprint density at radius 2 is 1.78 bits per heavy atom. The van der Waals surface area contributed by atoms with Gasteiger partial charge in [0.1, 0.15) is 11.6 Å². The summed E-state index contributed by atoms with van der Waals surface area (Å²) in [5.74, 6) is -0.973. The number of benzene rings is 2. The zero-order chi connectivity index (χ0) is 19.0. The van der Waals surface area contributed by atoms with Crippen LogP contribution in [0.2, 0.25) is 0 Å². The maximum atomic E-state index is 14.0. The molecule has 0 bridgehead atoms. The number of anilines is 2. The average Bonchev–Trinajstić information content (AvgIpc) is 3.10. The van der Waals surface area contributed by atoms with Crippen molar-refractivity contribution in [1.29, 1.82) is 0 Å². The standard InChI is InChI=1S/C20H17F2N3OS/c1-13-12-27-19(23-13)25-10-2-9-24(20(25)26)16-6-3-14(4-7-16)17-11-15(21)5-8-18(17)22/h3-8,11-12H,2,9-10H2,1H3. The molecule has 0 N–H and O–H groups in total. The van der Waals surface area contributed by atoms with Gasteiger partial charge in [-0.3, -0.25) is 9.80 Å². The van der Waals surface area contributed by atoms with Gasteiger partial charge in [-0.05, 0) is 49.2 Å². The van der Waals surface area contributed by atoms with Gasteiger partial charge in [0.25, 0.3) is 0 Å². The summed E-state index contributed by atoms with van der Waals surface area (Å²) < 4.78 is 27.4. The van der Waals surface area contributed by atoms with Gasteiger partial charge in [-0.1, -0.05) is 12.1 Å². The van der Waals surface area contributed by atoms with E-state index < -0.39 is 11.6 Å². The maximum absolute atomic E-state index is 14.0. The van der Waals surface area contributed by atoms with Gasteiger partial charge < -0.3 is 0 Å². The van der Waals surface area contributed by atoms with Gasteiger partial charge in [0.2, 0.25) is 0 Å². The fourth-order valence-corrected chi connectivity index (χ4v) is 3.97. The number of hydrogen-bond donors (Lipinski definition) is 0. The van der Waals surface area contributed by atoms with Crippen LogP contribution >= 0.6 is 11.3 Å². The average molecular weight is 385 g/mol. The van der Waals surface area contributed by atoms with Crippen LogP contribution in [0.4, 0.5) is 24.4 Å². The molecule has 1 aliphatic heterocycles. The lowest BCUT2D eigenvalue weighted by atomic mass is 10.0. The van der Waals surface area contributed by atoms with Crippen molar-refractivity contribution < 1.29 is 13.6 Å². The minimum atomic E-state index is -0.490.